The maximum Gasteiger partial charge on any atom is 0.0466 e. The predicted octanol–water partition coefficient (Wildman–Crippen LogP) is 3.28. The molecule has 1 heterocycles. The summed E-state index contributed by atoms with van der Waals surface area (Å²) in [6.45, 7) is 5.65. The second-order valence-corrected chi connectivity index (χ2v) is 5.22. The average molecular weight is 232 g/mol. The maximum absolute atomic E-state index is 4.56. The summed E-state index contributed by atoms with van der Waals surface area (Å²) in [7, 11) is 0. The molecular formula is C15H24N2. The van der Waals surface area contributed by atoms with E-state index in [1.807, 2.05) is 6.20 Å². The summed E-state index contributed by atoms with van der Waals surface area (Å²) < 4.78 is 0. The minimum atomic E-state index is 0.641. The number of hydrogen-bond donors (Lipinski definition) is 1. The number of nitrogens with zero attached hydrogens (tertiary/aromatic N) is 1. The van der Waals surface area contributed by atoms with Crippen LogP contribution in [0.4, 0.5) is 0 Å². The van der Waals surface area contributed by atoms with Crippen LogP contribution >= 0.6 is 0 Å². The van der Waals surface area contributed by atoms with Gasteiger partial charge in [-0.05, 0) is 57.2 Å². The molecule has 94 valence electrons. The number of nitrogens with one attached hydrogen (secondary N) is 1. The normalized spacial score (nSPS) is 20.2. The Kier molecular flexibility index (Phi) is 4.55. The minimum absolute atomic E-state index is 0.641. The van der Waals surface area contributed by atoms with Crippen LogP contribution in [0.5, 0.6) is 0 Å². The van der Waals surface area contributed by atoms with Gasteiger partial charge in [-0.25, -0.2) is 0 Å². The van der Waals surface area contributed by atoms with Gasteiger partial charge in [-0.3, -0.25) is 4.98 Å². The largest absolute Gasteiger partial charge is 0.314 e. The molecule has 0 saturated carbocycles. The summed E-state index contributed by atoms with van der Waals surface area (Å²) in [5.41, 5.74) is 2.85. The maximum atomic E-state index is 4.56. The third-order valence-electron chi connectivity index (χ3n) is 3.77. The van der Waals surface area contributed by atoms with Gasteiger partial charge in [0.2, 0.25) is 0 Å². The fraction of sp³-hybridized carbons (Fsp3) is 0.667. The van der Waals surface area contributed by atoms with E-state index in [-0.39, 0.29) is 0 Å². The van der Waals surface area contributed by atoms with Crippen molar-refractivity contribution in [3.05, 3.63) is 29.6 Å². The van der Waals surface area contributed by atoms with Crippen LogP contribution in [0.25, 0.3) is 0 Å². The van der Waals surface area contributed by atoms with Crippen molar-refractivity contribution in [2.75, 3.05) is 6.54 Å². The van der Waals surface area contributed by atoms with Gasteiger partial charge in [0, 0.05) is 23.9 Å². The summed E-state index contributed by atoms with van der Waals surface area (Å²) in [4.78, 5) is 4.56. The second-order valence-electron chi connectivity index (χ2n) is 5.22. The van der Waals surface area contributed by atoms with Crippen LogP contribution < -0.4 is 5.32 Å². The quantitative estimate of drug-likeness (QED) is 0.814. The van der Waals surface area contributed by atoms with Crippen LogP contribution in [0.1, 0.15) is 56.7 Å². The molecule has 0 aromatic carbocycles. The molecule has 2 rings (SSSR count). The SMILES string of the molecule is CCCNC(C)CCC1CCc2cccnc21. The molecule has 2 unspecified atom stereocenters. The lowest BCUT2D eigenvalue weighted by atomic mass is 9.98. The first-order valence-electron chi connectivity index (χ1n) is 6.98. The van der Waals surface area contributed by atoms with E-state index in [1.165, 1.54) is 43.4 Å². The van der Waals surface area contributed by atoms with Crippen LogP contribution in [-0.4, -0.2) is 17.6 Å². The van der Waals surface area contributed by atoms with Gasteiger partial charge in [0.25, 0.3) is 0 Å². The smallest absolute Gasteiger partial charge is 0.0466 e. The Labute approximate surface area is 105 Å². The Balaban J connectivity index is 1.81. The van der Waals surface area contributed by atoms with E-state index in [0.29, 0.717) is 12.0 Å². The molecule has 0 fully saturated rings. The van der Waals surface area contributed by atoms with Crippen molar-refractivity contribution < 1.29 is 0 Å². The lowest BCUT2D eigenvalue weighted by molar-refractivity contribution is 0.464. The molecular weight excluding hydrogens is 208 g/mol. The molecule has 1 N–H and O–H groups in total. The Morgan fingerprint density at radius 1 is 1.53 bits per heavy atom. The van der Waals surface area contributed by atoms with Crippen LogP contribution in [0.3, 0.4) is 0 Å². The van der Waals surface area contributed by atoms with Crippen LogP contribution in [0, 0.1) is 0 Å². The number of aryl methyl sites for hydroxylation is 1. The molecule has 2 atom stereocenters. The zero-order valence-corrected chi connectivity index (χ0v) is 11.1. The zero-order valence-electron chi connectivity index (χ0n) is 11.1. The van der Waals surface area contributed by atoms with Crippen molar-refractivity contribution in [2.45, 2.75) is 57.9 Å². The summed E-state index contributed by atoms with van der Waals surface area (Å²) in [5, 5.41) is 3.56. The molecule has 1 aromatic rings. The van der Waals surface area contributed by atoms with Gasteiger partial charge in [-0.15, -0.1) is 0 Å². The van der Waals surface area contributed by atoms with Crippen LogP contribution in [0.15, 0.2) is 18.3 Å². The molecule has 0 radical (unpaired) electrons. The topological polar surface area (TPSA) is 24.9 Å². The van der Waals surface area contributed by atoms with Crippen molar-refractivity contribution in [1.82, 2.24) is 10.3 Å². The third-order valence-corrected chi connectivity index (χ3v) is 3.77. The lowest BCUT2D eigenvalue weighted by Crippen LogP contribution is -2.26. The zero-order chi connectivity index (χ0) is 12.1. The van der Waals surface area contributed by atoms with E-state index in [1.54, 1.807) is 0 Å². The van der Waals surface area contributed by atoms with E-state index in [9.17, 15) is 0 Å². The highest BCUT2D eigenvalue weighted by molar-refractivity contribution is 5.28. The monoisotopic (exact) mass is 232 g/mol. The van der Waals surface area contributed by atoms with E-state index in [2.05, 4.69) is 36.3 Å². The average Bonchev–Trinajstić information content (AvgIpc) is 2.77. The van der Waals surface area contributed by atoms with Gasteiger partial charge in [0.1, 0.15) is 0 Å². The van der Waals surface area contributed by atoms with Gasteiger partial charge in [0.05, 0.1) is 0 Å². The first kappa shape index (κ1) is 12.6. The van der Waals surface area contributed by atoms with E-state index in [4.69, 9.17) is 0 Å². The Morgan fingerprint density at radius 3 is 3.24 bits per heavy atom. The summed E-state index contributed by atoms with van der Waals surface area (Å²) >= 11 is 0. The molecule has 0 spiro atoms. The Morgan fingerprint density at radius 2 is 2.41 bits per heavy atom. The Hall–Kier alpha value is -0.890. The van der Waals surface area contributed by atoms with E-state index >= 15 is 0 Å². The predicted molar refractivity (Wildman–Crippen MR) is 72.3 cm³/mol. The van der Waals surface area contributed by atoms with E-state index in [0.717, 1.165) is 6.54 Å². The molecule has 0 aliphatic heterocycles. The first-order valence-corrected chi connectivity index (χ1v) is 6.98. The van der Waals surface area contributed by atoms with Gasteiger partial charge in [-0.2, -0.15) is 0 Å². The number of hydrogen-bond acceptors (Lipinski definition) is 2. The van der Waals surface area contributed by atoms with Gasteiger partial charge >= 0.3 is 0 Å². The van der Waals surface area contributed by atoms with E-state index < -0.39 is 0 Å². The van der Waals surface area contributed by atoms with Crippen LogP contribution in [0.2, 0.25) is 0 Å². The highest BCUT2D eigenvalue weighted by atomic mass is 14.9. The summed E-state index contributed by atoms with van der Waals surface area (Å²) in [6.07, 6.45) is 8.23. The number of rotatable bonds is 6. The highest BCUT2D eigenvalue weighted by Gasteiger charge is 2.23. The molecule has 2 nitrogen and oxygen atoms in total. The molecule has 0 amide bonds. The van der Waals surface area contributed by atoms with Crippen molar-refractivity contribution in [3.63, 3.8) is 0 Å². The number of fused-ring (bicyclic) bond motifs is 1. The minimum Gasteiger partial charge on any atom is -0.314 e. The Bertz CT molecular complexity index is 349. The molecule has 0 saturated heterocycles. The first-order chi connectivity index (χ1) is 8.31. The number of aromatic nitrogens is 1. The van der Waals surface area contributed by atoms with Crippen molar-refractivity contribution in [3.8, 4) is 0 Å². The van der Waals surface area contributed by atoms with Crippen LogP contribution in [-0.2, 0) is 6.42 Å². The second kappa shape index (κ2) is 6.15. The van der Waals surface area contributed by atoms with Crippen molar-refractivity contribution in [1.29, 1.82) is 0 Å². The molecule has 1 aliphatic rings. The summed E-state index contributed by atoms with van der Waals surface area (Å²) in [6, 6.07) is 4.94. The number of pyridine rings is 1. The fourth-order valence-electron chi connectivity index (χ4n) is 2.72. The molecule has 0 bridgehead atoms. The van der Waals surface area contributed by atoms with Gasteiger partial charge in [-0.1, -0.05) is 13.0 Å². The van der Waals surface area contributed by atoms with Crippen molar-refractivity contribution >= 4 is 0 Å². The molecule has 17 heavy (non-hydrogen) atoms. The van der Waals surface area contributed by atoms with Gasteiger partial charge in [0.15, 0.2) is 0 Å². The third kappa shape index (κ3) is 3.29. The molecule has 2 heteroatoms. The fourth-order valence-corrected chi connectivity index (χ4v) is 2.72. The standard InChI is InChI=1S/C15H24N2/c1-3-10-16-12(2)6-7-14-9-8-13-5-4-11-17-15(13)14/h4-5,11-12,14,16H,3,6-10H2,1-2H3. The van der Waals surface area contributed by atoms with Crippen molar-refractivity contribution in [2.24, 2.45) is 0 Å². The molecule has 1 aromatic heterocycles. The summed E-state index contributed by atoms with van der Waals surface area (Å²) in [5.74, 6) is 0.706. The van der Waals surface area contributed by atoms with Gasteiger partial charge < -0.3 is 5.32 Å². The lowest BCUT2D eigenvalue weighted by Gasteiger charge is -2.16. The molecule has 1 aliphatic carbocycles. The highest BCUT2D eigenvalue weighted by Crippen LogP contribution is 2.34.